The molecule has 1 aliphatic carbocycles. The molecule has 0 fully saturated rings. The van der Waals surface area contributed by atoms with Crippen molar-refractivity contribution in [1.29, 1.82) is 0 Å². The Morgan fingerprint density at radius 3 is 2.22 bits per heavy atom. The molecule has 23 heavy (non-hydrogen) atoms. The van der Waals surface area contributed by atoms with Gasteiger partial charge in [0.05, 0.1) is 0 Å². The Balaban J connectivity index is 1.88. The van der Waals surface area contributed by atoms with Crippen LogP contribution in [0.2, 0.25) is 0 Å². The first-order valence-corrected chi connectivity index (χ1v) is 8.05. The molecule has 105 valence electrons. The van der Waals surface area contributed by atoms with E-state index in [2.05, 4.69) is 79.2 Å². The van der Waals surface area contributed by atoms with Gasteiger partial charge in [-0.25, -0.2) is 0 Å². The van der Waals surface area contributed by atoms with Crippen molar-refractivity contribution in [2.24, 2.45) is 0 Å². The van der Waals surface area contributed by atoms with Gasteiger partial charge in [0, 0.05) is 6.42 Å². The topological polar surface area (TPSA) is 0 Å². The first kappa shape index (κ1) is 11.7. The van der Waals surface area contributed by atoms with Gasteiger partial charge in [-0.05, 0) is 60.6 Å². The molecule has 0 heterocycles. The Kier molecular flexibility index (Phi) is 1.98. The molecule has 0 saturated heterocycles. The van der Waals surface area contributed by atoms with Crippen LogP contribution >= 0.6 is 0 Å². The predicted octanol–water partition coefficient (Wildman–Crippen LogP) is 6.17. The van der Waals surface area contributed by atoms with Crippen LogP contribution in [0, 0.1) is 6.42 Å². The highest BCUT2D eigenvalue weighted by molar-refractivity contribution is 6.25. The number of benzene rings is 5. The summed E-state index contributed by atoms with van der Waals surface area (Å²) in [7, 11) is 0. The van der Waals surface area contributed by atoms with Crippen LogP contribution in [-0.2, 0) is 0 Å². The highest BCUT2D eigenvalue weighted by Gasteiger charge is 2.22. The first-order valence-electron chi connectivity index (χ1n) is 8.05. The molecule has 0 nitrogen and oxygen atoms in total. The first-order chi connectivity index (χ1) is 11.4. The Labute approximate surface area is 134 Å². The van der Waals surface area contributed by atoms with Crippen molar-refractivity contribution in [2.45, 2.75) is 0 Å². The highest BCUT2D eigenvalue weighted by atomic mass is 14.3. The Hall–Kier alpha value is -2.86. The Bertz CT molecular complexity index is 1210. The fourth-order valence-corrected chi connectivity index (χ4v) is 4.23. The molecule has 5 aromatic carbocycles. The van der Waals surface area contributed by atoms with E-state index >= 15 is 0 Å². The van der Waals surface area contributed by atoms with E-state index in [0.29, 0.717) is 0 Å². The van der Waals surface area contributed by atoms with Crippen LogP contribution in [0.15, 0.2) is 72.8 Å². The molecule has 0 unspecified atom stereocenters. The zero-order valence-electron chi connectivity index (χ0n) is 12.5. The van der Waals surface area contributed by atoms with Crippen molar-refractivity contribution in [2.75, 3.05) is 0 Å². The maximum atomic E-state index is 2.37. The van der Waals surface area contributed by atoms with E-state index in [-0.39, 0.29) is 0 Å². The molecule has 0 heteroatoms. The van der Waals surface area contributed by atoms with Crippen LogP contribution in [0.1, 0.15) is 11.1 Å². The number of rotatable bonds is 0. The van der Waals surface area contributed by atoms with Crippen molar-refractivity contribution >= 4 is 32.3 Å². The van der Waals surface area contributed by atoms with Crippen molar-refractivity contribution < 1.29 is 0 Å². The normalized spacial score (nSPS) is 13.0. The van der Waals surface area contributed by atoms with E-state index in [1.54, 1.807) is 0 Å². The summed E-state index contributed by atoms with van der Waals surface area (Å²) in [5.74, 6) is 0. The van der Waals surface area contributed by atoms with Crippen LogP contribution in [-0.4, -0.2) is 0 Å². The van der Waals surface area contributed by atoms with Gasteiger partial charge in [0.1, 0.15) is 0 Å². The maximum absolute atomic E-state index is 2.37. The van der Waals surface area contributed by atoms with Gasteiger partial charge in [-0.2, -0.15) is 0 Å². The predicted molar refractivity (Wildman–Crippen MR) is 98.1 cm³/mol. The summed E-state index contributed by atoms with van der Waals surface area (Å²) in [5, 5.41) is 8.18. The summed E-state index contributed by atoms with van der Waals surface area (Å²) >= 11 is 0. The van der Waals surface area contributed by atoms with Gasteiger partial charge >= 0.3 is 0 Å². The second-order valence-electron chi connectivity index (χ2n) is 6.43. The molecule has 1 aliphatic rings. The summed E-state index contributed by atoms with van der Waals surface area (Å²) in [5.41, 5.74) is 5.42. The third kappa shape index (κ3) is 1.37. The molecule has 1 radical (unpaired) electrons. The van der Waals surface area contributed by atoms with Gasteiger partial charge in [-0.15, -0.1) is 0 Å². The molecule has 0 bridgehead atoms. The van der Waals surface area contributed by atoms with Crippen LogP contribution in [0.25, 0.3) is 43.4 Å². The summed E-state index contributed by atoms with van der Waals surface area (Å²) in [4.78, 5) is 0. The van der Waals surface area contributed by atoms with E-state index < -0.39 is 0 Å². The standard InChI is InChI=1S/C23H13/c1-2-7-18-16(4-1)12-21-19-11-10-15-6-3-5-14-8-9-17(13-20(18)21)23(19)22(14)15/h1-13H. The number of fused-ring (bicyclic) bond motifs is 4. The van der Waals surface area contributed by atoms with E-state index in [9.17, 15) is 0 Å². The van der Waals surface area contributed by atoms with Gasteiger partial charge in [-0.3, -0.25) is 0 Å². The van der Waals surface area contributed by atoms with Crippen LogP contribution < -0.4 is 0 Å². The van der Waals surface area contributed by atoms with Gasteiger partial charge in [0.25, 0.3) is 0 Å². The molecule has 0 N–H and O–H groups in total. The Morgan fingerprint density at radius 1 is 0.522 bits per heavy atom. The average Bonchev–Trinajstić information content (AvgIpc) is 2.98. The number of hydrogen-bond acceptors (Lipinski definition) is 0. The van der Waals surface area contributed by atoms with Gasteiger partial charge in [0.2, 0.25) is 0 Å². The fourth-order valence-electron chi connectivity index (χ4n) is 4.23. The average molecular weight is 289 g/mol. The van der Waals surface area contributed by atoms with E-state index in [0.717, 1.165) is 0 Å². The lowest BCUT2D eigenvalue weighted by molar-refractivity contribution is 1.57. The largest absolute Gasteiger partial charge is 0.0619 e. The lowest BCUT2D eigenvalue weighted by atomic mass is 9.89. The minimum Gasteiger partial charge on any atom is -0.0619 e. The smallest absolute Gasteiger partial charge is 0.0218 e. The number of hydrogen-bond donors (Lipinski definition) is 0. The lowest BCUT2D eigenvalue weighted by Gasteiger charge is -2.14. The summed E-state index contributed by atoms with van der Waals surface area (Å²) < 4.78 is 0. The van der Waals surface area contributed by atoms with Crippen molar-refractivity contribution in [3.63, 3.8) is 0 Å². The molecular formula is C23H13. The highest BCUT2D eigenvalue weighted by Crippen LogP contribution is 2.45. The molecule has 0 atom stereocenters. The van der Waals surface area contributed by atoms with Crippen LogP contribution in [0.4, 0.5) is 0 Å². The summed E-state index contributed by atoms with van der Waals surface area (Å²) in [6.07, 6.45) is 2.34. The summed E-state index contributed by atoms with van der Waals surface area (Å²) in [6.45, 7) is 0. The van der Waals surface area contributed by atoms with E-state index in [1.165, 1.54) is 54.6 Å². The van der Waals surface area contributed by atoms with Crippen molar-refractivity contribution in [3.8, 4) is 11.1 Å². The summed E-state index contributed by atoms with van der Waals surface area (Å²) in [6, 6.07) is 26.7. The zero-order valence-corrected chi connectivity index (χ0v) is 12.5. The zero-order chi connectivity index (χ0) is 15.0. The minimum atomic E-state index is 1.33. The molecule has 0 aromatic heterocycles. The van der Waals surface area contributed by atoms with Crippen LogP contribution in [0.3, 0.4) is 0 Å². The molecule has 6 rings (SSSR count). The third-order valence-electron chi connectivity index (χ3n) is 5.24. The lowest BCUT2D eigenvalue weighted by Crippen LogP contribution is -1.88. The van der Waals surface area contributed by atoms with Crippen LogP contribution in [0.5, 0.6) is 0 Å². The van der Waals surface area contributed by atoms with Gasteiger partial charge in [0.15, 0.2) is 0 Å². The quantitative estimate of drug-likeness (QED) is 0.293. The second-order valence-corrected chi connectivity index (χ2v) is 6.43. The van der Waals surface area contributed by atoms with Gasteiger partial charge in [-0.1, -0.05) is 66.7 Å². The third-order valence-corrected chi connectivity index (χ3v) is 5.24. The molecule has 0 spiro atoms. The maximum Gasteiger partial charge on any atom is 0.0218 e. The molecule has 0 amide bonds. The van der Waals surface area contributed by atoms with E-state index in [4.69, 9.17) is 0 Å². The fraction of sp³-hybridized carbons (Fsp3) is 0. The van der Waals surface area contributed by atoms with Crippen molar-refractivity contribution in [1.82, 2.24) is 0 Å². The SMILES string of the molecule is [CH]1c2ccccc2-c2cc3ccc4cccc5ccc(c21)c3c45. The molecule has 0 aliphatic heterocycles. The second kappa shape index (κ2) is 3.91. The molecule has 5 aromatic rings. The minimum absolute atomic E-state index is 1.33. The molecular weight excluding hydrogens is 276 g/mol. The monoisotopic (exact) mass is 289 g/mol. The van der Waals surface area contributed by atoms with Crippen molar-refractivity contribution in [3.05, 3.63) is 90.3 Å². The van der Waals surface area contributed by atoms with E-state index in [1.807, 2.05) is 0 Å². The van der Waals surface area contributed by atoms with Gasteiger partial charge < -0.3 is 0 Å². The Morgan fingerprint density at radius 2 is 1.30 bits per heavy atom. The molecule has 0 saturated carbocycles.